The van der Waals surface area contributed by atoms with Crippen LogP contribution in [0.4, 0.5) is 0 Å². The fraction of sp³-hybridized carbons (Fsp3) is 0.667. The molecule has 2 atom stereocenters. The van der Waals surface area contributed by atoms with Gasteiger partial charge in [-0.15, -0.1) is 0 Å². The van der Waals surface area contributed by atoms with Crippen LogP contribution < -0.4 is 4.74 Å². The van der Waals surface area contributed by atoms with E-state index in [-0.39, 0.29) is 12.1 Å². The molecular weight excluding hydrogens is 358 g/mol. The predicted octanol–water partition coefficient (Wildman–Crippen LogP) is 1.65. The topological polar surface area (TPSA) is 55.8 Å². The number of benzene rings is 1. The Kier molecular flexibility index (Phi) is 6.16. The van der Waals surface area contributed by atoms with Gasteiger partial charge in [0.2, 0.25) is 0 Å². The van der Waals surface area contributed by atoms with E-state index in [0.29, 0.717) is 0 Å². The molecule has 28 heavy (non-hydrogen) atoms. The molecule has 4 rings (SSSR count). The third-order valence-corrected chi connectivity index (χ3v) is 5.92. The fourth-order valence-corrected chi connectivity index (χ4v) is 4.46. The van der Waals surface area contributed by atoms with Gasteiger partial charge in [-0.1, -0.05) is 5.16 Å². The maximum Gasteiger partial charge on any atom is 0.191 e. The first-order valence-corrected chi connectivity index (χ1v) is 10.2. The molecule has 2 fully saturated rings. The minimum atomic E-state index is -0.0392. The highest BCUT2D eigenvalue weighted by molar-refractivity contribution is 6.05. The van der Waals surface area contributed by atoms with Gasteiger partial charge in [-0.05, 0) is 37.1 Å². The number of hydrogen-bond acceptors (Lipinski definition) is 7. The van der Waals surface area contributed by atoms with Crippen molar-refractivity contribution in [2.75, 3.05) is 66.3 Å². The van der Waals surface area contributed by atoms with Crippen molar-refractivity contribution in [2.24, 2.45) is 11.1 Å². The van der Waals surface area contributed by atoms with Crippen LogP contribution in [0.3, 0.4) is 0 Å². The molecule has 0 radical (unpaired) electrons. The summed E-state index contributed by atoms with van der Waals surface area (Å²) in [6.07, 6.45) is -0.0392. The van der Waals surface area contributed by atoms with Crippen molar-refractivity contribution in [3.8, 4) is 5.75 Å². The molecule has 7 heteroatoms. The number of ether oxygens (including phenoxy) is 3. The van der Waals surface area contributed by atoms with E-state index in [2.05, 4.69) is 40.9 Å². The van der Waals surface area contributed by atoms with E-state index in [4.69, 9.17) is 19.0 Å². The van der Waals surface area contributed by atoms with Crippen LogP contribution in [0.5, 0.6) is 5.75 Å². The molecule has 1 aromatic rings. The monoisotopic (exact) mass is 389 g/mol. The van der Waals surface area contributed by atoms with Gasteiger partial charge in [0.15, 0.2) is 6.23 Å². The Balaban J connectivity index is 1.62. The smallest absolute Gasteiger partial charge is 0.191 e. The van der Waals surface area contributed by atoms with Crippen LogP contribution in [0.1, 0.15) is 16.7 Å². The van der Waals surface area contributed by atoms with Crippen molar-refractivity contribution >= 4 is 5.71 Å². The summed E-state index contributed by atoms with van der Waals surface area (Å²) < 4.78 is 16.5. The molecule has 0 bridgehead atoms. The normalized spacial score (nSPS) is 26.8. The van der Waals surface area contributed by atoms with E-state index < -0.39 is 0 Å². The Labute approximate surface area is 167 Å². The number of aryl methyl sites for hydroxylation is 2. The lowest BCUT2D eigenvalue weighted by Gasteiger charge is -2.36. The van der Waals surface area contributed by atoms with Gasteiger partial charge in [-0.25, -0.2) is 0 Å². The summed E-state index contributed by atoms with van der Waals surface area (Å²) in [5.41, 5.74) is 4.60. The van der Waals surface area contributed by atoms with Gasteiger partial charge in [0.1, 0.15) is 5.75 Å². The second-order valence-electron chi connectivity index (χ2n) is 7.78. The summed E-state index contributed by atoms with van der Waals surface area (Å²) in [6.45, 7) is 11.9. The van der Waals surface area contributed by atoms with E-state index in [9.17, 15) is 0 Å². The van der Waals surface area contributed by atoms with Crippen LogP contribution in [0.2, 0.25) is 0 Å². The Morgan fingerprint density at radius 1 is 1.00 bits per heavy atom. The Bertz CT molecular complexity index is 689. The first-order valence-electron chi connectivity index (χ1n) is 10.2. The van der Waals surface area contributed by atoms with E-state index in [1.54, 1.807) is 7.11 Å². The van der Waals surface area contributed by atoms with Crippen molar-refractivity contribution in [2.45, 2.75) is 20.1 Å². The first kappa shape index (κ1) is 19.6. The summed E-state index contributed by atoms with van der Waals surface area (Å²) in [7, 11) is 1.71. The maximum atomic E-state index is 6.05. The summed E-state index contributed by atoms with van der Waals surface area (Å²) in [4.78, 5) is 10.9. The molecule has 7 nitrogen and oxygen atoms in total. The maximum absolute atomic E-state index is 6.05. The molecule has 0 aromatic heterocycles. The largest absolute Gasteiger partial charge is 0.497 e. The average Bonchev–Trinajstić information content (AvgIpc) is 3.12. The SMILES string of the molecule is COc1cc(C)c(C2=NO[C@@H](N3CCOCC3)[C@@H]2CN2CCOCC2)c(C)c1. The Morgan fingerprint density at radius 3 is 2.21 bits per heavy atom. The van der Waals surface area contributed by atoms with Crippen molar-refractivity contribution < 1.29 is 19.0 Å². The van der Waals surface area contributed by atoms with Gasteiger partial charge < -0.3 is 19.0 Å². The highest BCUT2D eigenvalue weighted by Crippen LogP contribution is 2.32. The molecule has 0 N–H and O–H groups in total. The van der Waals surface area contributed by atoms with Crippen molar-refractivity contribution in [3.05, 3.63) is 28.8 Å². The van der Waals surface area contributed by atoms with E-state index >= 15 is 0 Å². The third kappa shape index (κ3) is 4.03. The number of oxime groups is 1. The minimum absolute atomic E-state index is 0.0392. The first-order chi connectivity index (χ1) is 13.7. The number of methoxy groups -OCH3 is 1. The minimum Gasteiger partial charge on any atom is -0.497 e. The van der Waals surface area contributed by atoms with E-state index in [1.165, 1.54) is 16.7 Å². The van der Waals surface area contributed by atoms with Crippen molar-refractivity contribution in [3.63, 3.8) is 0 Å². The summed E-state index contributed by atoms with van der Waals surface area (Å²) >= 11 is 0. The fourth-order valence-electron chi connectivity index (χ4n) is 4.46. The lowest BCUT2D eigenvalue weighted by Crippen LogP contribution is -2.51. The summed E-state index contributed by atoms with van der Waals surface area (Å²) in [5, 5.41) is 4.62. The van der Waals surface area contributed by atoms with E-state index in [1.807, 2.05) is 0 Å². The number of rotatable bonds is 5. The molecule has 0 spiro atoms. The van der Waals surface area contributed by atoms with Crippen LogP contribution in [0.25, 0.3) is 0 Å². The lowest BCUT2D eigenvalue weighted by molar-refractivity contribution is -0.102. The molecule has 154 valence electrons. The molecular formula is C21H31N3O4. The molecule has 0 aliphatic carbocycles. The summed E-state index contributed by atoms with van der Waals surface area (Å²) in [6, 6.07) is 4.16. The van der Waals surface area contributed by atoms with Crippen LogP contribution in [-0.2, 0) is 14.3 Å². The molecule has 2 saturated heterocycles. The standard InChI is InChI=1S/C21H31N3O4/c1-15-12-17(25-3)13-16(2)19(15)20-18(14-23-4-8-26-9-5-23)21(28-22-20)24-6-10-27-11-7-24/h12-13,18,21H,4-11,14H2,1-3H3/t18-,21-/m1/s1. The van der Waals surface area contributed by atoms with E-state index in [0.717, 1.165) is 70.6 Å². The Hall–Kier alpha value is -1.67. The van der Waals surface area contributed by atoms with Gasteiger partial charge in [0.25, 0.3) is 0 Å². The van der Waals surface area contributed by atoms with Crippen LogP contribution >= 0.6 is 0 Å². The zero-order chi connectivity index (χ0) is 19.5. The second kappa shape index (κ2) is 8.78. The van der Waals surface area contributed by atoms with Gasteiger partial charge in [0.05, 0.1) is 45.2 Å². The van der Waals surface area contributed by atoms with Crippen molar-refractivity contribution in [1.29, 1.82) is 0 Å². The van der Waals surface area contributed by atoms with Crippen LogP contribution in [0.15, 0.2) is 17.3 Å². The molecule has 0 unspecified atom stereocenters. The van der Waals surface area contributed by atoms with Gasteiger partial charge in [-0.2, -0.15) is 0 Å². The lowest BCUT2D eigenvalue weighted by atomic mass is 9.88. The molecule has 3 heterocycles. The highest BCUT2D eigenvalue weighted by atomic mass is 16.7. The molecule has 0 amide bonds. The van der Waals surface area contributed by atoms with Gasteiger partial charge in [-0.3, -0.25) is 9.80 Å². The zero-order valence-corrected chi connectivity index (χ0v) is 17.1. The molecule has 3 aliphatic rings. The highest BCUT2D eigenvalue weighted by Gasteiger charge is 2.41. The Morgan fingerprint density at radius 2 is 1.61 bits per heavy atom. The second-order valence-corrected chi connectivity index (χ2v) is 7.78. The summed E-state index contributed by atoms with van der Waals surface area (Å²) in [5.74, 6) is 1.08. The quantitative estimate of drug-likeness (QED) is 0.763. The average molecular weight is 389 g/mol. The molecule has 1 aromatic carbocycles. The number of hydrogen-bond donors (Lipinski definition) is 0. The molecule has 0 saturated carbocycles. The van der Waals surface area contributed by atoms with Crippen LogP contribution in [-0.4, -0.2) is 88.0 Å². The van der Waals surface area contributed by atoms with Crippen molar-refractivity contribution in [1.82, 2.24) is 9.80 Å². The predicted molar refractivity (Wildman–Crippen MR) is 107 cm³/mol. The molecule has 3 aliphatic heterocycles. The van der Waals surface area contributed by atoms with Gasteiger partial charge >= 0.3 is 0 Å². The zero-order valence-electron chi connectivity index (χ0n) is 17.1. The van der Waals surface area contributed by atoms with Crippen LogP contribution in [0, 0.1) is 19.8 Å². The number of nitrogens with zero attached hydrogens (tertiary/aromatic N) is 3. The third-order valence-electron chi connectivity index (χ3n) is 5.92. The number of morpholine rings is 2. The van der Waals surface area contributed by atoms with Gasteiger partial charge in [0, 0.05) is 38.3 Å².